The molecule has 116 valence electrons. The van der Waals surface area contributed by atoms with Crippen LogP contribution in [0.5, 0.6) is 0 Å². The molecule has 0 amide bonds. The van der Waals surface area contributed by atoms with Crippen LogP contribution in [0.25, 0.3) is 0 Å². The number of hydrogen-bond acceptors (Lipinski definition) is 1. The summed E-state index contributed by atoms with van der Waals surface area (Å²) < 4.78 is 0. The fourth-order valence-corrected chi connectivity index (χ4v) is 5.94. The number of benzene rings is 3. The summed E-state index contributed by atoms with van der Waals surface area (Å²) in [5, 5.41) is 3.54. The summed E-state index contributed by atoms with van der Waals surface area (Å²) in [4.78, 5) is 0. The maximum atomic E-state index is 6.18. The van der Waals surface area contributed by atoms with Gasteiger partial charge in [0.15, 0.2) is 0 Å². The van der Waals surface area contributed by atoms with Crippen LogP contribution in [0.1, 0.15) is 0 Å². The van der Waals surface area contributed by atoms with E-state index in [1.54, 1.807) is 0 Å². The molecule has 0 nitrogen and oxygen atoms in total. The second kappa shape index (κ2) is 8.94. The fraction of sp³-hybridized carbons (Fsp3) is 0. The van der Waals surface area contributed by atoms with E-state index in [1.165, 1.54) is 10.6 Å². The average Bonchev–Trinajstić information content (AvgIpc) is 2.56. The van der Waals surface area contributed by atoms with E-state index in [-0.39, 0.29) is 32.3 Å². The Morgan fingerprint density at radius 2 is 1.14 bits per heavy atom. The van der Waals surface area contributed by atoms with Crippen molar-refractivity contribution in [2.45, 2.75) is 0 Å². The van der Waals surface area contributed by atoms with Crippen molar-refractivity contribution in [3.63, 3.8) is 0 Å². The largest absolute Gasteiger partial charge is 1.00 e. The topological polar surface area (TPSA) is 0 Å². The first-order chi connectivity index (χ1) is 9.82. The van der Waals surface area contributed by atoms with E-state index in [2.05, 4.69) is 60.7 Å². The summed E-state index contributed by atoms with van der Waals surface area (Å²) in [6.07, 6.45) is 0. The van der Waals surface area contributed by atoms with E-state index < -0.39 is 6.04 Å². The van der Waals surface area contributed by atoms with Crippen molar-refractivity contribution >= 4 is 43.7 Å². The molecule has 22 heavy (non-hydrogen) atoms. The van der Waals surface area contributed by atoms with Crippen LogP contribution in [0.3, 0.4) is 0 Å². The zero-order chi connectivity index (χ0) is 13.8. The summed E-state index contributed by atoms with van der Waals surface area (Å²) >= 11 is 6.18. The first-order valence-electron chi connectivity index (χ1n) is 6.50. The summed E-state index contributed by atoms with van der Waals surface area (Å²) in [6, 6.07) is 30.2. The van der Waals surface area contributed by atoms with Crippen LogP contribution < -0.4 is 15.9 Å². The van der Waals surface area contributed by atoms with Gasteiger partial charge in [-0.15, -0.1) is 5.30 Å². The molecule has 0 radical (unpaired) electrons. The zero-order valence-electron chi connectivity index (χ0n) is 11.9. The SMILES string of the molecule is P.S=P(c1[c-]cccc1)(c1ccccc1)c1ccccc1.[Au+]. The van der Waals surface area contributed by atoms with Crippen molar-refractivity contribution in [1.29, 1.82) is 0 Å². The molecular formula is C18H17AuP2S. The molecule has 0 saturated heterocycles. The molecule has 3 aromatic rings. The van der Waals surface area contributed by atoms with Gasteiger partial charge in [-0.05, 0) is 10.6 Å². The summed E-state index contributed by atoms with van der Waals surface area (Å²) in [7, 11) is 0. The summed E-state index contributed by atoms with van der Waals surface area (Å²) in [6.45, 7) is 0. The van der Waals surface area contributed by atoms with Crippen molar-refractivity contribution in [3.8, 4) is 0 Å². The Balaban J connectivity index is 0.00000121. The molecule has 3 rings (SSSR count). The van der Waals surface area contributed by atoms with E-state index in [1.807, 2.05) is 30.3 Å². The normalized spacial score (nSPS) is 10.2. The zero-order valence-corrected chi connectivity index (χ0v) is 17.2. The van der Waals surface area contributed by atoms with Gasteiger partial charge in [-0.25, -0.2) is 0 Å². The van der Waals surface area contributed by atoms with Crippen LogP contribution in [-0.2, 0) is 34.2 Å². The quantitative estimate of drug-likeness (QED) is 0.288. The molecule has 0 aliphatic heterocycles. The van der Waals surface area contributed by atoms with Crippen molar-refractivity contribution in [1.82, 2.24) is 0 Å². The monoisotopic (exact) mass is 524 g/mol. The third-order valence-electron chi connectivity index (χ3n) is 3.27. The molecule has 0 aliphatic carbocycles. The van der Waals surface area contributed by atoms with Crippen LogP contribution in [0, 0.1) is 6.07 Å². The van der Waals surface area contributed by atoms with Crippen molar-refractivity contribution in [3.05, 3.63) is 91.0 Å². The fourth-order valence-electron chi connectivity index (χ4n) is 2.28. The van der Waals surface area contributed by atoms with E-state index in [9.17, 15) is 0 Å². The minimum Gasteiger partial charge on any atom is -0.176 e. The van der Waals surface area contributed by atoms with Crippen LogP contribution in [-0.4, -0.2) is 0 Å². The van der Waals surface area contributed by atoms with Crippen LogP contribution in [0.2, 0.25) is 0 Å². The van der Waals surface area contributed by atoms with Gasteiger partial charge in [-0.2, -0.15) is 40.2 Å². The summed E-state index contributed by atoms with van der Waals surface area (Å²) in [5.41, 5.74) is 0. The van der Waals surface area contributed by atoms with Gasteiger partial charge < -0.3 is 0 Å². The average molecular weight is 524 g/mol. The molecule has 3 aromatic carbocycles. The van der Waals surface area contributed by atoms with Gasteiger partial charge in [-0.3, -0.25) is 0 Å². The third-order valence-corrected chi connectivity index (χ3v) is 8.13. The molecule has 0 N–H and O–H groups in total. The van der Waals surface area contributed by atoms with Gasteiger partial charge in [0.2, 0.25) is 0 Å². The first kappa shape index (κ1) is 19.5. The van der Waals surface area contributed by atoms with Gasteiger partial charge in [0.05, 0.1) is 0 Å². The van der Waals surface area contributed by atoms with E-state index >= 15 is 0 Å². The standard InChI is InChI=1S/C18H14PS.Au.H3P/c20-19(16-10-4-1-5-11-16,17-12-6-2-7-13-17)18-14-8-3-9-15-18;;/h1-14H;;1H3/q-1;+1;. The van der Waals surface area contributed by atoms with E-state index in [0.717, 1.165) is 5.30 Å². The molecule has 0 heterocycles. The molecule has 4 heteroatoms. The predicted octanol–water partition coefficient (Wildman–Crippen LogP) is 3.30. The second-order valence-electron chi connectivity index (χ2n) is 4.53. The maximum Gasteiger partial charge on any atom is 1.00 e. The van der Waals surface area contributed by atoms with Crippen LogP contribution in [0.4, 0.5) is 0 Å². The van der Waals surface area contributed by atoms with Gasteiger partial charge >= 0.3 is 22.4 Å². The summed E-state index contributed by atoms with van der Waals surface area (Å²) in [5.74, 6) is 0. The molecule has 0 fully saturated rings. The van der Waals surface area contributed by atoms with Crippen LogP contribution in [0.15, 0.2) is 84.9 Å². The predicted molar refractivity (Wildman–Crippen MR) is 102 cm³/mol. The maximum absolute atomic E-state index is 6.18. The van der Waals surface area contributed by atoms with Crippen molar-refractivity contribution in [2.75, 3.05) is 0 Å². The molecule has 1 atom stereocenters. The molecule has 0 spiro atoms. The van der Waals surface area contributed by atoms with Crippen molar-refractivity contribution in [2.24, 2.45) is 0 Å². The molecule has 0 aromatic heterocycles. The van der Waals surface area contributed by atoms with Gasteiger partial charge in [-0.1, -0.05) is 72.5 Å². The second-order valence-corrected chi connectivity index (χ2v) is 8.90. The molecular weight excluding hydrogens is 507 g/mol. The van der Waals surface area contributed by atoms with Gasteiger partial charge in [0.25, 0.3) is 0 Å². The Kier molecular flexibility index (Phi) is 7.94. The van der Waals surface area contributed by atoms with Crippen LogP contribution >= 0.6 is 15.9 Å². The van der Waals surface area contributed by atoms with E-state index in [0.29, 0.717) is 0 Å². The Morgan fingerprint density at radius 3 is 1.55 bits per heavy atom. The molecule has 1 unspecified atom stereocenters. The van der Waals surface area contributed by atoms with Gasteiger partial charge in [0, 0.05) is 6.04 Å². The Morgan fingerprint density at radius 1 is 0.682 bits per heavy atom. The van der Waals surface area contributed by atoms with Gasteiger partial charge in [0.1, 0.15) is 0 Å². The number of rotatable bonds is 3. The molecule has 0 bridgehead atoms. The minimum absolute atomic E-state index is 0. The number of hydrogen-bond donors (Lipinski definition) is 0. The Hall–Kier alpha value is -0.520. The minimum atomic E-state index is -2.00. The molecule has 0 saturated carbocycles. The first-order valence-corrected chi connectivity index (χ1v) is 9.30. The Bertz CT molecular complexity index is 627. The van der Waals surface area contributed by atoms with Crippen molar-refractivity contribution < 1.29 is 22.4 Å². The van der Waals surface area contributed by atoms with E-state index in [4.69, 9.17) is 11.8 Å². The smallest absolute Gasteiger partial charge is 0.176 e. The third kappa shape index (κ3) is 3.87. The molecule has 0 aliphatic rings. The Labute approximate surface area is 156 Å².